The number of anilines is 1. The predicted molar refractivity (Wildman–Crippen MR) is 86.7 cm³/mol. The Labute approximate surface area is 141 Å². The third kappa shape index (κ3) is 2.61. The van der Waals surface area contributed by atoms with Crippen LogP contribution >= 0.6 is 0 Å². The molecule has 0 atom stereocenters. The zero-order valence-corrected chi connectivity index (χ0v) is 14.4. The molecule has 0 N–H and O–H groups in total. The first-order valence-corrected chi connectivity index (χ1v) is 8.30. The Morgan fingerprint density at radius 3 is 2.21 bits per heavy atom. The van der Waals surface area contributed by atoms with Gasteiger partial charge in [0.25, 0.3) is 0 Å². The number of carbonyl (C=O) groups is 2. The highest BCUT2D eigenvalue weighted by molar-refractivity contribution is 6.01. The van der Waals surface area contributed by atoms with Crippen LogP contribution in [0, 0.1) is 12.3 Å². The van der Waals surface area contributed by atoms with E-state index in [1.165, 1.54) is 20.6 Å². The Kier molecular flexibility index (Phi) is 4.43. The Hall–Kier alpha value is -2.18. The van der Waals surface area contributed by atoms with Gasteiger partial charge >= 0.3 is 11.9 Å². The fraction of sp³-hybridized carbons (Fsp3) is 0.647. The van der Waals surface area contributed by atoms with Crippen molar-refractivity contribution in [2.75, 3.05) is 32.2 Å². The number of hydrogen-bond donors (Lipinski definition) is 0. The smallest absolute Gasteiger partial charge is 0.323 e. The lowest BCUT2D eigenvalue weighted by molar-refractivity contribution is -0.168. The van der Waals surface area contributed by atoms with Crippen molar-refractivity contribution in [1.82, 2.24) is 9.97 Å². The topological polar surface area (TPSA) is 81.6 Å². The number of carbonyl (C=O) groups excluding carboxylic acids is 2. The van der Waals surface area contributed by atoms with Gasteiger partial charge in [0.05, 0.1) is 19.9 Å². The maximum absolute atomic E-state index is 12.3. The van der Waals surface area contributed by atoms with E-state index in [4.69, 9.17) is 9.47 Å². The van der Waals surface area contributed by atoms with Gasteiger partial charge in [-0.05, 0) is 31.7 Å². The van der Waals surface area contributed by atoms with Crippen molar-refractivity contribution in [3.63, 3.8) is 0 Å². The van der Waals surface area contributed by atoms with E-state index >= 15 is 0 Å². The van der Waals surface area contributed by atoms with Gasteiger partial charge in [-0.25, -0.2) is 9.97 Å². The molecule has 0 radical (unpaired) electrons. The third-order valence-corrected chi connectivity index (χ3v) is 5.03. The summed E-state index contributed by atoms with van der Waals surface area (Å²) in [7, 11) is 2.57. The minimum atomic E-state index is -1.34. The fourth-order valence-electron chi connectivity index (χ4n) is 3.66. The van der Waals surface area contributed by atoms with Crippen LogP contribution in [0.5, 0.6) is 0 Å². The second kappa shape index (κ2) is 6.37. The Morgan fingerprint density at radius 2 is 1.62 bits per heavy atom. The third-order valence-electron chi connectivity index (χ3n) is 5.03. The SMILES string of the molecule is COC(=O)C1(C(=O)OC)Cc2nc(N3CCCCC3)nc(C)c2C1. The molecule has 0 unspecified atom stereocenters. The second-order valence-electron chi connectivity index (χ2n) is 6.50. The van der Waals surface area contributed by atoms with Gasteiger partial charge < -0.3 is 14.4 Å². The van der Waals surface area contributed by atoms with Crippen LogP contribution in [0.1, 0.15) is 36.2 Å². The Balaban J connectivity index is 1.97. The molecule has 1 aliphatic heterocycles. The molecule has 2 heterocycles. The molecule has 7 nitrogen and oxygen atoms in total. The lowest BCUT2D eigenvalue weighted by atomic mass is 9.85. The van der Waals surface area contributed by atoms with E-state index in [0.717, 1.165) is 42.9 Å². The molecule has 1 aromatic heterocycles. The van der Waals surface area contributed by atoms with Crippen LogP contribution in [0.25, 0.3) is 0 Å². The number of methoxy groups -OCH3 is 2. The van der Waals surface area contributed by atoms with Gasteiger partial charge in [0.1, 0.15) is 0 Å². The average molecular weight is 333 g/mol. The van der Waals surface area contributed by atoms with Crippen LogP contribution in [0.15, 0.2) is 0 Å². The maximum atomic E-state index is 12.3. The first-order valence-electron chi connectivity index (χ1n) is 8.30. The molecule has 130 valence electrons. The Bertz CT molecular complexity index is 652. The van der Waals surface area contributed by atoms with Gasteiger partial charge in [0, 0.05) is 31.6 Å². The molecule has 1 saturated heterocycles. The number of rotatable bonds is 3. The van der Waals surface area contributed by atoms with E-state index in [1.807, 2.05) is 6.92 Å². The molecule has 1 aromatic rings. The number of aromatic nitrogens is 2. The van der Waals surface area contributed by atoms with Crippen molar-refractivity contribution in [1.29, 1.82) is 0 Å². The summed E-state index contributed by atoms with van der Waals surface area (Å²) in [5, 5.41) is 0. The largest absolute Gasteiger partial charge is 0.468 e. The molecule has 7 heteroatoms. The summed E-state index contributed by atoms with van der Waals surface area (Å²) in [5.41, 5.74) is 1.08. The van der Waals surface area contributed by atoms with Crippen LogP contribution in [-0.4, -0.2) is 49.2 Å². The van der Waals surface area contributed by atoms with Crippen molar-refractivity contribution < 1.29 is 19.1 Å². The summed E-state index contributed by atoms with van der Waals surface area (Å²) in [5.74, 6) is -0.464. The van der Waals surface area contributed by atoms with Gasteiger partial charge in [-0.15, -0.1) is 0 Å². The number of ether oxygens (including phenoxy) is 2. The van der Waals surface area contributed by atoms with Crippen LogP contribution in [-0.2, 0) is 31.9 Å². The van der Waals surface area contributed by atoms with Crippen molar-refractivity contribution in [2.45, 2.75) is 39.0 Å². The number of aryl methyl sites for hydroxylation is 1. The molecule has 0 amide bonds. The fourth-order valence-corrected chi connectivity index (χ4v) is 3.66. The van der Waals surface area contributed by atoms with E-state index in [1.54, 1.807) is 0 Å². The lowest BCUT2D eigenvalue weighted by Crippen LogP contribution is -2.42. The maximum Gasteiger partial charge on any atom is 0.323 e. The quantitative estimate of drug-likeness (QED) is 0.607. The van der Waals surface area contributed by atoms with Crippen LogP contribution < -0.4 is 4.90 Å². The van der Waals surface area contributed by atoms with Gasteiger partial charge in [-0.3, -0.25) is 9.59 Å². The van der Waals surface area contributed by atoms with Crippen LogP contribution in [0.4, 0.5) is 5.95 Å². The molecular formula is C17H23N3O4. The normalized spacial score (nSPS) is 18.9. The summed E-state index contributed by atoms with van der Waals surface area (Å²) in [6, 6.07) is 0. The van der Waals surface area contributed by atoms with Gasteiger partial charge in [-0.1, -0.05) is 0 Å². The van der Waals surface area contributed by atoms with Crippen molar-refractivity contribution in [2.24, 2.45) is 5.41 Å². The number of fused-ring (bicyclic) bond motifs is 1. The zero-order valence-electron chi connectivity index (χ0n) is 14.4. The first-order chi connectivity index (χ1) is 11.5. The summed E-state index contributed by atoms with van der Waals surface area (Å²) < 4.78 is 9.76. The number of piperidine rings is 1. The molecule has 0 bridgehead atoms. The minimum absolute atomic E-state index is 0.200. The summed E-state index contributed by atoms with van der Waals surface area (Å²) in [6.45, 7) is 3.79. The van der Waals surface area contributed by atoms with Gasteiger partial charge in [0.15, 0.2) is 5.41 Å². The summed E-state index contributed by atoms with van der Waals surface area (Å²) in [4.78, 5) is 36.1. The number of hydrogen-bond acceptors (Lipinski definition) is 7. The average Bonchev–Trinajstić information content (AvgIpc) is 3.02. The molecule has 0 aromatic carbocycles. The highest BCUT2D eigenvalue weighted by Gasteiger charge is 2.54. The van der Waals surface area contributed by atoms with E-state index in [9.17, 15) is 9.59 Å². The monoisotopic (exact) mass is 333 g/mol. The molecule has 1 aliphatic carbocycles. The summed E-state index contributed by atoms with van der Waals surface area (Å²) >= 11 is 0. The van der Waals surface area contributed by atoms with Crippen LogP contribution in [0.2, 0.25) is 0 Å². The predicted octanol–water partition coefficient (Wildman–Crippen LogP) is 1.21. The van der Waals surface area contributed by atoms with E-state index in [-0.39, 0.29) is 12.8 Å². The van der Waals surface area contributed by atoms with Crippen molar-refractivity contribution in [3.05, 3.63) is 17.0 Å². The zero-order chi connectivity index (χ0) is 17.3. The number of nitrogens with zero attached hydrogens (tertiary/aromatic N) is 3. The summed E-state index contributed by atoms with van der Waals surface area (Å²) in [6.07, 6.45) is 3.93. The molecule has 0 spiro atoms. The molecule has 0 saturated carbocycles. The first kappa shape index (κ1) is 16.7. The Morgan fingerprint density at radius 1 is 1.00 bits per heavy atom. The molecule has 1 fully saturated rings. The van der Waals surface area contributed by atoms with Crippen molar-refractivity contribution in [3.8, 4) is 0 Å². The molecule has 2 aliphatic rings. The molecular weight excluding hydrogens is 310 g/mol. The molecule has 24 heavy (non-hydrogen) atoms. The number of esters is 2. The van der Waals surface area contributed by atoms with Gasteiger partial charge in [-0.2, -0.15) is 0 Å². The van der Waals surface area contributed by atoms with Crippen molar-refractivity contribution >= 4 is 17.9 Å². The van der Waals surface area contributed by atoms with E-state index in [0.29, 0.717) is 5.95 Å². The highest BCUT2D eigenvalue weighted by atomic mass is 16.5. The molecule has 3 rings (SSSR count). The lowest BCUT2D eigenvalue weighted by Gasteiger charge is -2.27. The standard InChI is InChI=1S/C17H23N3O4/c1-11-12-9-17(14(21)23-2,15(22)24-3)10-13(12)19-16(18-11)20-7-5-4-6-8-20/h4-10H2,1-3H3. The minimum Gasteiger partial charge on any atom is -0.468 e. The second-order valence-corrected chi connectivity index (χ2v) is 6.50. The van der Waals surface area contributed by atoms with E-state index < -0.39 is 17.4 Å². The van der Waals surface area contributed by atoms with E-state index in [2.05, 4.69) is 14.9 Å². The van der Waals surface area contributed by atoms with Crippen LogP contribution in [0.3, 0.4) is 0 Å². The highest BCUT2D eigenvalue weighted by Crippen LogP contribution is 2.40. The van der Waals surface area contributed by atoms with Gasteiger partial charge in [0.2, 0.25) is 5.95 Å².